The van der Waals surface area contributed by atoms with Gasteiger partial charge in [-0.2, -0.15) is 0 Å². The molecule has 0 radical (unpaired) electrons. The van der Waals surface area contributed by atoms with Crippen LogP contribution in [0.3, 0.4) is 0 Å². The van der Waals surface area contributed by atoms with Crippen LogP contribution in [0.1, 0.15) is 70.9 Å². The maximum atomic E-state index is 12.9. The molecule has 0 saturated carbocycles. The monoisotopic (exact) mass is 914 g/mol. The summed E-state index contributed by atoms with van der Waals surface area (Å²) in [4.78, 5) is 100. The van der Waals surface area contributed by atoms with Gasteiger partial charge in [-0.05, 0) is 75.2 Å². The molecule has 21 nitrogen and oxygen atoms in total. The smallest absolute Gasteiger partial charge is 0.344 e. The Kier molecular flexibility index (Phi) is 16.8. The van der Waals surface area contributed by atoms with Crippen molar-refractivity contribution in [2.45, 2.75) is 46.8 Å². The normalized spacial score (nSPS) is 15.3. The van der Waals surface area contributed by atoms with Gasteiger partial charge in [0.2, 0.25) is 0 Å². The predicted molar refractivity (Wildman–Crippen MR) is 222 cm³/mol. The predicted octanol–water partition coefficient (Wildman–Crippen LogP) is 1.53. The fraction of sp³-hybridized carbons (Fsp3) is 0.432. The lowest BCUT2D eigenvalue weighted by atomic mass is 10.0. The van der Waals surface area contributed by atoms with Gasteiger partial charge >= 0.3 is 22.8 Å². The van der Waals surface area contributed by atoms with Gasteiger partial charge in [-0.25, -0.2) is 0 Å². The average molecular weight is 915 g/mol. The Morgan fingerprint density at radius 2 is 0.721 bits per heavy atom. The number of phenolic OH excluding ortho intramolecular Hbond substituents is 3. The van der Waals surface area contributed by atoms with Gasteiger partial charge < -0.3 is 60.6 Å². The highest BCUT2D eigenvalue weighted by molar-refractivity contribution is 7.52. The third-order valence-electron chi connectivity index (χ3n) is 9.67. The van der Waals surface area contributed by atoms with E-state index in [4.69, 9.17) is 0 Å². The molecule has 1 saturated heterocycles. The molecule has 3 aromatic rings. The molecule has 24 heteroatoms. The van der Waals surface area contributed by atoms with E-state index < -0.39 is 59.4 Å². The Bertz CT molecular complexity index is 2150. The summed E-state index contributed by atoms with van der Waals surface area (Å²) in [6.07, 6.45) is -2.21. The first-order chi connectivity index (χ1) is 28.3. The summed E-state index contributed by atoms with van der Waals surface area (Å²) in [6.45, 7) is 7.93. The number of phenols is 3. The van der Waals surface area contributed by atoms with Crippen LogP contribution in [-0.4, -0.2) is 135 Å². The van der Waals surface area contributed by atoms with Gasteiger partial charge in [0, 0.05) is 62.5 Å². The second-order valence-corrected chi connectivity index (χ2v) is 20.1. The van der Waals surface area contributed by atoms with Crippen molar-refractivity contribution < 1.29 is 72.8 Å². The van der Waals surface area contributed by atoms with Crippen LogP contribution in [-0.2, 0) is 33.3 Å². The van der Waals surface area contributed by atoms with Crippen molar-refractivity contribution in [3.63, 3.8) is 0 Å². The van der Waals surface area contributed by atoms with Crippen molar-refractivity contribution >= 4 is 40.5 Å². The second-order valence-electron chi connectivity index (χ2n) is 15.1. The molecule has 0 unspecified atom stereocenters. The second kappa shape index (κ2) is 20.8. The van der Waals surface area contributed by atoms with Crippen LogP contribution in [0.15, 0.2) is 36.4 Å². The van der Waals surface area contributed by atoms with Crippen LogP contribution in [0.4, 0.5) is 0 Å². The largest absolute Gasteiger partial charge is 0.507 e. The molecule has 0 atom stereocenters. The van der Waals surface area contributed by atoms with Crippen LogP contribution in [0, 0.1) is 20.8 Å². The van der Waals surface area contributed by atoms with E-state index in [1.54, 1.807) is 39.0 Å². The van der Waals surface area contributed by atoms with Crippen molar-refractivity contribution in [3.05, 3.63) is 86.5 Å². The summed E-state index contributed by atoms with van der Waals surface area (Å²) in [7, 11) is -13.8. The summed E-state index contributed by atoms with van der Waals surface area (Å²) in [5, 5.41) is 40.2. The van der Waals surface area contributed by atoms with Gasteiger partial charge in [-0.3, -0.25) is 42.8 Å². The number of aryl methyl sites for hydroxylation is 3. The molecule has 4 rings (SSSR count). The van der Waals surface area contributed by atoms with E-state index in [-0.39, 0.29) is 53.6 Å². The van der Waals surface area contributed by atoms with E-state index in [1.165, 1.54) is 18.2 Å². The SMILES string of the molecule is Cc1cc(CN2CCCN(Cc3cc(C)cc(C(=O)NCP(=O)(O)O)c3O)CCN(Cc3cc(C)cc(C(=O)NCP(=O)(O)O)c3O)CC2)c(O)c(C(=O)NCP(=O)(O)O)c1. The number of nitrogens with zero attached hydrogens (tertiary/aromatic N) is 3. The standard InChI is InChI=1S/C37H53N6O15P3/c1-23-11-26(32(44)29(14-23)35(47)38-20-59(50,51)52)17-41-5-4-6-42(18-27-12-24(2)15-30(33(27)45)36(48)39-21-60(53,54)55)8-10-43(9-7-41)19-28-13-25(3)16-31(34(28)46)37(49)40-22-61(56,57)58/h11-16,44-46H,4-10,17-22H2,1-3H3,(H,38,47)(H,39,48)(H,40,49)(H2,50,51,52)(H2,53,54,55)(H2,56,57,58). The van der Waals surface area contributed by atoms with Gasteiger partial charge in [-0.1, -0.05) is 18.2 Å². The van der Waals surface area contributed by atoms with E-state index in [1.807, 2.05) is 14.7 Å². The average Bonchev–Trinajstić information content (AvgIpc) is 3.15. The number of hydrogen-bond acceptors (Lipinski definition) is 12. The van der Waals surface area contributed by atoms with Crippen LogP contribution < -0.4 is 16.0 Å². The summed E-state index contributed by atoms with van der Waals surface area (Å²) < 4.78 is 34.2. The number of carbonyl (C=O) groups excluding carboxylic acids is 3. The van der Waals surface area contributed by atoms with E-state index in [0.717, 1.165) is 0 Å². The molecule has 0 spiro atoms. The van der Waals surface area contributed by atoms with Crippen LogP contribution in [0.5, 0.6) is 17.2 Å². The lowest BCUT2D eigenvalue weighted by Crippen LogP contribution is -2.42. The van der Waals surface area contributed by atoms with Gasteiger partial charge in [0.25, 0.3) is 17.7 Å². The highest BCUT2D eigenvalue weighted by atomic mass is 31.2. The van der Waals surface area contributed by atoms with Crippen molar-refractivity contribution in [3.8, 4) is 17.2 Å². The van der Waals surface area contributed by atoms with Gasteiger partial charge in [0.1, 0.15) is 36.1 Å². The molecule has 0 aliphatic carbocycles. The number of rotatable bonds is 15. The summed E-state index contributed by atoms with van der Waals surface area (Å²) in [5.74, 6) is -3.75. The first-order valence-electron chi connectivity index (χ1n) is 18.9. The summed E-state index contributed by atoms with van der Waals surface area (Å²) >= 11 is 0. The highest BCUT2D eigenvalue weighted by Crippen LogP contribution is 2.35. The molecule has 12 N–H and O–H groups in total. The molecular weight excluding hydrogens is 861 g/mol. The molecular formula is C37H53N6O15P3. The fourth-order valence-electron chi connectivity index (χ4n) is 6.87. The zero-order valence-electron chi connectivity index (χ0n) is 33.8. The molecule has 3 amide bonds. The Labute approximate surface area is 351 Å². The van der Waals surface area contributed by atoms with E-state index in [9.17, 15) is 72.8 Å². The summed E-state index contributed by atoms with van der Waals surface area (Å²) in [6, 6.07) is 9.25. The number of benzene rings is 3. The molecule has 336 valence electrons. The Morgan fingerprint density at radius 1 is 0.475 bits per heavy atom. The van der Waals surface area contributed by atoms with Crippen LogP contribution >= 0.6 is 22.8 Å². The minimum absolute atomic E-state index is 0.104. The molecule has 61 heavy (non-hydrogen) atoms. The Morgan fingerprint density at radius 3 is 0.967 bits per heavy atom. The zero-order chi connectivity index (χ0) is 45.4. The van der Waals surface area contributed by atoms with Crippen molar-refractivity contribution in [2.75, 3.05) is 58.1 Å². The molecule has 1 aliphatic heterocycles. The zero-order valence-corrected chi connectivity index (χ0v) is 36.5. The maximum Gasteiger partial charge on any atom is 0.344 e. The quantitative estimate of drug-likeness (QED) is 0.0962. The van der Waals surface area contributed by atoms with Crippen LogP contribution in [0.2, 0.25) is 0 Å². The van der Waals surface area contributed by atoms with E-state index in [0.29, 0.717) is 79.1 Å². The lowest BCUT2D eigenvalue weighted by molar-refractivity contribution is 0.0945. The van der Waals surface area contributed by atoms with Gasteiger partial charge in [-0.15, -0.1) is 0 Å². The third-order valence-corrected chi connectivity index (χ3v) is 11.4. The highest BCUT2D eigenvalue weighted by Gasteiger charge is 2.26. The molecule has 1 aliphatic rings. The van der Waals surface area contributed by atoms with Crippen molar-refractivity contribution in [1.82, 2.24) is 30.7 Å². The topological polar surface area (TPSA) is 330 Å². The minimum Gasteiger partial charge on any atom is -0.507 e. The van der Waals surface area contributed by atoms with Crippen LogP contribution in [0.25, 0.3) is 0 Å². The van der Waals surface area contributed by atoms with E-state index >= 15 is 0 Å². The summed E-state index contributed by atoms with van der Waals surface area (Å²) in [5.41, 5.74) is 2.38. The molecule has 1 heterocycles. The first-order valence-corrected chi connectivity index (χ1v) is 24.3. The number of carbonyl (C=O) groups is 3. The number of aromatic hydroxyl groups is 3. The number of hydrogen-bond donors (Lipinski definition) is 12. The third kappa shape index (κ3) is 15.6. The van der Waals surface area contributed by atoms with Crippen molar-refractivity contribution in [1.29, 1.82) is 0 Å². The van der Waals surface area contributed by atoms with Crippen molar-refractivity contribution in [2.24, 2.45) is 0 Å². The molecule has 1 fully saturated rings. The number of nitrogens with one attached hydrogen (secondary N) is 3. The maximum absolute atomic E-state index is 12.9. The van der Waals surface area contributed by atoms with Gasteiger partial charge in [0.15, 0.2) is 0 Å². The Balaban J connectivity index is 1.66. The lowest BCUT2D eigenvalue weighted by Gasteiger charge is -2.33. The van der Waals surface area contributed by atoms with E-state index in [2.05, 4.69) is 16.0 Å². The molecule has 0 aromatic heterocycles. The van der Waals surface area contributed by atoms with Gasteiger partial charge in [0.05, 0.1) is 16.7 Å². The molecule has 3 aromatic carbocycles. The number of amides is 3. The first kappa shape index (κ1) is 49.5. The Hall–Kier alpha value is -4.20. The fourth-order valence-corrected chi connectivity index (χ4v) is 7.92. The minimum atomic E-state index is -4.59. The molecule has 0 bridgehead atoms.